The molecule has 8 heteroatoms. The van der Waals surface area contributed by atoms with Crippen molar-refractivity contribution in [2.75, 3.05) is 33.3 Å². The van der Waals surface area contributed by atoms with E-state index < -0.39 is 29.4 Å². The van der Waals surface area contributed by atoms with Gasteiger partial charge in [-0.15, -0.1) is 0 Å². The number of nitrogens with one attached hydrogen (secondary N) is 1. The molecule has 0 saturated carbocycles. The predicted octanol–water partition coefficient (Wildman–Crippen LogP) is 1.24. The monoisotopic (exact) mass is 392 g/mol. The molecule has 0 aromatic heterocycles. The van der Waals surface area contributed by atoms with E-state index in [0.717, 1.165) is 10.5 Å². The Kier molecular flexibility index (Phi) is 5.48. The van der Waals surface area contributed by atoms with Crippen LogP contribution < -0.4 is 10.1 Å². The van der Waals surface area contributed by atoms with Crippen molar-refractivity contribution in [3.8, 4) is 5.75 Å². The zero-order valence-electron chi connectivity index (χ0n) is 15.9. The zero-order chi connectivity index (χ0) is 19.8. The van der Waals surface area contributed by atoms with Gasteiger partial charge in [0.15, 0.2) is 0 Å². The van der Waals surface area contributed by atoms with Crippen LogP contribution in [0.25, 0.3) is 0 Å². The fourth-order valence-electron chi connectivity index (χ4n) is 4.30. The van der Waals surface area contributed by atoms with Gasteiger partial charge in [-0.05, 0) is 24.5 Å². The van der Waals surface area contributed by atoms with Crippen molar-refractivity contribution in [2.24, 2.45) is 11.8 Å². The summed E-state index contributed by atoms with van der Waals surface area (Å²) in [7, 11) is 4.33. The van der Waals surface area contributed by atoms with Crippen LogP contribution in [0.5, 0.6) is 5.75 Å². The molecule has 7 nitrogen and oxygen atoms in total. The lowest BCUT2D eigenvalue weighted by atomic mass is 9.77. The van der Waals surface area contributed by atoms with Crippen LogP contribution >= 0.6 is 11.8 Å². The predicted molar refractivity (Wildman–Crippen MR) is 101 cm³/mol. The van der Waals surface area contributed by atoms with Crippen molar-refractivity contribution in [3.05, 3.63) is 29.8 Å². The number of nitrogens with zero attached hydrogens (tertiary/aromatic N) is 1. The van der Waals surface area contributed by atoms with Crippen molar-refractivity contribution < 1.29 is 23.9 Å². The van der Waals surface area contributed by atoms with Gasteiger partial charge in [0.25, 0.3) is 0 Å². The number of thioether (sulfide) groups is 1. The highest BCUT2D eigenvalue weighted by atomic mass is 32.2. The number of ether oxygens (including phenoxy) is 2. The number of hydrogen-bond acceptors (Lipinski definition) is 7. The van der Waals surface area contributed by atoms with E-state index in [9.17, 15) is 14.4 Å². The second kappa shape index (κ2) is 7.52. The second-order valence-corrected chi connectivity index (χ2v) is 7.79. The molecule has 1 aromatic carbocycles. The number of carbonyl (C=O) groups is 3. The number of carbonyl (C=O) groups excluding carboxylic acids is 3. The Morgan fingerprint density at radius 3 is 2.59 bits per heavy atom. The summed E-state index contributed by atoms with van der Waals surface area (Å²) in [5.74, 6) is -1.38. The largest absolute Gasteiger partial charge is 0.496 e. The van der Waals surface area contributed by atoms with E-state index in [1.165, 1.54) is 14.2 Å². The fraction of sp³-hybridized carbons (Fsp3) is 0.526. The Morgan fingerprint density at radius 1 is 1.26 bits per heavy atom. The fourth-order valence-corrected chi connectivity index (χ4v) is 4.83. The first kappa shape index (κ1) is 19.7. The van der Waals surface area contributed by atoms with Gasteiger partial charge in [-0.3, -0.25) is 24.6 Å². The van der Waals surface area contributed by atoms with Crippen LogP contribution in [0.15, 0.2) is 24.3 Å². The Morgan fingerprint density at radius 2 is 1.96 bits per heavy atom. The van der Waals surface area contributed by atoms with Gasteiger partial charge in [0, 0.05) is 18.7 Å². The molecule has 0 unspecified atom stereocenters. The van der Waals surface area contributed by atoms with Gasteiger partial charge in [-0.25, -0.2) is 0 Å². The smallest absolute Gasteiger partial charge is 0.326 e. The molecule has 3 rings (SSSR count). The number of likely N-dealkylation sites (tertiary alicyclic amines) is 1. The topological polar surface area (TPSA) is 84.9 Å². The molecule has 1 aromatic rings. The lowest BCUT2D eigenvalue weighted by molar-refractivity contribution is -0.154. The highest BCUT2D eigenvalue weighted by molar-refractivity contribution is 7.98. The molecular formula is C19H24N2O5S. The minimum absolute atomic E-state index is 0.289. The number of benzene rings is 1. The van der Waals surface area contributed by atoms with Gasteiger partial charge in [0.2, 0.25) is 11.8 Å². The molecule has 2 fully saturated rings. The number of hydrogen-bond donors (Lipinski definition) is 1. The van der Waals surface area contributed by atoms with E-state index in [-0.39, 0.29) is 11.8 Å². The molecule has 0 radical (unpaired) electrons. The summed E-state index contributed by atoms with van der Waals surface area (Å²) in [6, 6.07) is 6.82. The van der Waals surface area contributed by atoms with Crippen LogP contribution in [-0.4, -0.2) is 61.5 Å². The van der Waals surface area contributed by atoms with Gasteiger partial charge in [-0.1, -0.05) is 18.2 Å². The number of rotatable bonds is 6. The molecule has 2 aliphatic rings. The Bertz CT molecular complexity index is 770. The second-order valence-electron chi connectivity index (χ2n) is 6.81. The number of methoxy groups -OCH3 is 2. The molecule has 0 spiro atoms. The van der Waals surface area contributed by atoms with Crippen molar-refractivity contribution in [3.63, 3.8) is 0 Å². The molecule has 2 saturated heterocycles. The van der Waals surface area contributed by atoms with E-state index in [4.69, 9.17) is 9.47 Å². The van der Waals surface area contributed by atoms with Crippen molar-refractivity contribution >= 4 is 29.5 Å². The van der Waals surface area contributed by atoms with Crippen LogP contribution in [-0.2, 0) is 19.1 Å². The Hall–Kier alpha value is -2.06. The van der Waals surface area contributed by atoms with Crippen LogP contribution in [0.3, 0.4) is 0 Å². The van der Waals surface area contributed by atoms with Crippen molar-refractivity contribution in [1.29, 1.82) is 0 Å². The van der Waals surface area contributed by atoms with Gasteiger partial charge < -0.3 is 9.47 Å². The maximum absolute atomic E-state index is 12.9. The molecule has 1 N–H and O–H groups in total. The SMILES string of the molecule is COC(=O)[C@]1(CCSC)N[C@@H](c2ccccc2OC)[C@H]2C(=O)N(C)C(=O)[C@H]21. The molecule has 146 valence electrons. The molecule has 4 atom stereocenters. The summed E-state index contributed by atoms with van der Waals surface area (Å²) in [5, 5.41) is 3.33. The molecule has 2 amide bonds. The highest BCUT2D eigenvalue weighted by Crippen LogP contribution is 2.51. The first-order chi connectivity index (χ1) is 12.9. The van der Waals surface area contributed by atoms with Gasteiger partial charge in [0.1, 0.15) is 11.3 Å². The third kappa shape index (κ3) is 2.91. The number of para-hydroxylation sites is 1. The minimum atomic E-state index is -1.24. The average Bonchev–Trinajstić information content (AvgIpc) is 3.15. The van der Waals surface area contributed by atoms with Crippen LogP contribution in [0.2, 0.25) is 0 Å². The van der Waals surface area contributed by atoms with Crippen molar-refractivity contribution in [1.82, 2.24) is 10.2 Å². The quantitative estimate of drug-likeness (QED) is 0.576. The average molecular weight is 392 g/mol. The summed E-state index contributed by atoms with van der Waals surface area (Å²) in [4.78, 5) is 39.9. The Balaban J connectivity index is 2.16. The maximum atomic E-state index is 12.9. The van der Waals surface area contributed by atoms with E-state index in [1.807, 2.05) is 24.5 Å². The molecule has 27 heavy (non-hydrogen) atoms. The van der Waals surface area contributed by atoms with Gasteiger partial charge in [0.05, 0.1) is 26.1 Å². The first-order valence-electron chi connectivity index (χ1n) is 8.72. The van der Waals surface area contributed by atoms with E-state index in [0.29, 0.717) is 17.9 Å². The molecule has 0 bridgehead atoms. The van der Waals surface area contributed by atoms with Crippen LogP contribution in [0.4, 0.5) is 0 Å². The van der Waals surface area contributed by atoms with Gasteiger partial charge >= 0.3 is 5.97 Å². The van der Waals surface area contributed by atoms with Crippen molar-refractivity contribution in [2.45, 2.75) is 18.0 Å². The summed E-state index contributed by atoms with van der Waals surface area (Å²) < 4.78 is 10.5. The zero-order valence-corrected chi connectivity index (χ0v) is 16.7. The number of fused-ring (bicyclic) bond motifs is 1. The normalized spacial score (nSPS) is 29.8. The summed E-state index contributed by atoms with van der Waals surface area (Å²) in [5.41, 5.74) is -0.493. The lowest BCUT2D eigenvalue weighted by Gasteiger charge is -2.32. The summed E-state index contributed by atoms with van der Waals surface area (Å²) in [6.45, 7) is 0. The third-order valence-corrected chi connectivity index (χ3v) is 6.21. The van der Waals surface area contributed by atoms with Crippen LogP contribution in [0, 0.1) is 11.8 Å². The number of esters is 1. The maximum Gasteiger partial charge on any atom is 0.326 e. The number of imide groups is 1. The first-order valence-corrected chi connectivity index (χ1v) is 10.1. The highest BCUT2D eigenvalue weighted by Gasteiger charge is 2.68. The van der Waals surface area contributed by atoms with E-state index in [1.54, 1.807) is 24.9 Å². The molecule has 2 aliphatic heterocycles. The van der Waals surface area contributed by atoms with E-state index >= 15 is 0 Å². The minimum Gasteiger partial charge on any atom is -0.496 e. The summed E-state index contributed by atoms with van der Waals surface area (Å²) in [6.07, 6.45) is 2.32. The summed E-state index contributed by atoms with van der Waals surface area (Å²) >= 11 is 1.57. The third-order valence-electron chi connectivity index (χ3n) is 5.60. The molecule has 0 aliphatic carbocycles. The Labute approximate surface area is 162 Å². The lowest BCUT2D eigenvalue weighted by Crippen LogP contribution is -2.56. The molecular weight excluding hydrogens is 368 g/mol. The molecule has 2 heterocycles. The van der Waals surface area contributed by atoms with E-state index in [2.05, 4.69) is 5.32 Å². The van der Waals surface area contributed by atoms with Gasteiger partial charge in [-0.2, -0.15) is 11.8 Å². The van der Waals surface area contributed by atoms with Crippen LogP contribution in [0.1, 0.15) is 18.0 Å². The number of amides is 2. The standard InChI is InChI=1S/C19H24N2O5S/c1-21-16(22)13-14(17(21)23)19(9-10-27-4,18(24)26-3)20-15(13)11-7-5-6-8-12(11)25-2/h5-8,13-15,20H,9-10H2,1-4H3/t13-,14-,15-,19+/m0/s1.